The average Bonchev–Trinajstić information content (AvgIpc) is 3.12. The number of carbonyl (C=O) groups is 1. The van der Waals surface area contributed by atoms with E-state index < -0.39 is 0 Å². The van der Waals surface area contributed by atoms with Gasteiger partial charge in [0.1, 0.15) is 0 Å². The molecule has 0 unspecified atom stereocenters. The number of amides is 1. The number of nitrogens with zero attached hydrogens (tertiary/aromatic N) is 1. The Morgan fingerprint density at radius 1 is 0.960 bits per heavy atom. The highest BCUT2D eigenvalue weighted by molar-refractivity contribution is 5.87. The Morgan fingerprint density at radius 2 is 1.44 bits per heavy atom. The highest BCUT2D eigenvalue weighted by Crippen LogP contribution is 2.33. The standard InChI is InChI=1S/C22H28N2O/c1-24(2)22(15-9-10-16-22)17-23-21(25)20(18-11-5-3-6-12-18)19-13-7-4-8-14-19/h3-8,11-14,20H,9-10,15-17H2,1-2H3,(H,23,25). The summed E-state index contributed by atoms with van der Waals surface area (Å²) in [6.07, 6.45) is 4.80. The molecule has 132 valence electrons. The number of benzene rings is 2. The van der Waals surface area contributed by atoms with Gasteiger partial charge in [-0.15, -0.1) is 0 Å². The molecule has 2 aromatic rings. The molecule has 1 aliphatic rings. The second kappa shape index (κ2) is 7.83. The Balaban J connectivity index is 1.80. The van der Waals surface area contributed by atoms with E-state index in [0.717, 1.165) is 30.5 Å². The number of rotatable bonds is 6. The number of carbonyl (C=O) groups excluding carboxylic acids is 1. The van der Waals surface area contributed by atoms with Gasteiger partial charge in [-0.1, -0.05) is 73.5 Å². The van der Waals surface area contributed by atoms with Crippen LogP contribution in [0.3, 0.4) is 0 Å². The number of hydrogen-bond donors (Lipinski definition) is 1. The van der Waals surface area contributed by atoms with Gasteiger partial charge in [0.05, 0.1) is 5.92 Å². The first-order chi connectivity index (χ1) is 12.1. The molecular formula is C22H28N2O. The van der Waals surface area contributed by atoms with Crippen LogP contribution in [0.15, 0.2) is 60.7 Å². The van der Waals surface area contributed by atoms with Crippen LogP contribution in [0.1, 0.15) is 42.7 Å². The monoisotopic (exact) mass is 336 g/mol. The molecule has 2 aromatic carbocycles. The van der Waals surface area contributed by atoms with Gasteiger partial charge in [-0.25, -0.2) is 0 Å². The van der Waals surface area contributed by atoms with Crippen LogP contribution >= 0.6 is 0 Å². The lowest BCUT2D eigenvalue weighted by Crippen LogP contribution is -2.51. The lowest BCUT2D eigenvalue weighted by Gasteiger charge is -2.37. The van der Waals surface area contributed by atoms with Crippen LogP contribution in [0.2, 0.25) is 0 Å². The second-order valence-electron chi connectivity index (χ2n) is 7.30. The molecule has 0 saturated heterocycles. The first kappa shape index (κ1) is 17.7. The summed E-state index contributed by atoms with van der Waals surface area (Å²) in [6.45, 7) is 0.717. The van der Waals surface area contributed by atoms with E-state index in [1.807, 2.05) is 60.7 Å². The van der Waals surface area contributed by atoms with E-state index in [1.165, 1.54) is 12.8 Å². The molecule has 0 bridgehead atoms. The molecule has 1 saturated carbocycles. The Morgan fingerprint density at radius 3 is 1.88 bits per heavy atom. The Hall–Kier alpha value is -2.13. The fraction of sp³-hybridized carbons (Fsp3) is 0.409. The van der Waals surface area contributed by atoms with Crippen molar-refractivity contribution in [1.29, 1.82) is 0 Å². The molecule has 3 nitrogen and oxygen atoms in total. The lowest BCUT2D eigenvalue weighted by atomic mass is 9.89. The molecule has 0 aromatic heterocycles. The molecule has 0 spiro atoms. The van der Waals surface area contributed by atoms with Crippen LogP contribution in [-0.2, 0) is 4.79 Å². The van der Waals surface area contributed by atoms with Crippen molar-refractivity contribution in [2.45, 2.75) is 37.1 Å². The molecule has 0 radical (unpaired) electrons. The summed E-state index contributed by atoms with van der Waals surface area (Å²) in [5.41, 5.74) is 2.18. The zero-order chi connectivity index (χ0) is 17.7. The first-order valence-corrected chi connectivity index (χ1v) is 9.17. The van der Waals surface area contributed by atoms with Crippen molar-refractivity contribution in [3.05, 3.63) is 71.8 Å². The third kappa shape index (κ3) is 3.93. The van der Waals surface area contributed by atoms with Gasteiger partial charge in [-0.2, -0.15) is 0 Å². The third-order valence-electron chi connectivity index (χ3n) is 5.60. The Kier molecular flexibility index (Phi) is 5.54. The summed E-state index contributed by atoms with van der Waals surface area (Å²) in [4.78, 5) is 15.4. The molecule has 3 rings (SSSR count). The predicted octanol–water partition coefficient (Wildman–Crippen LogP) is 3.81. The zero-order valence-electron chi connectivity index (χ0n) is 15.2. The van der Waals surface area contributed by atoms with Crippen molar-refractivity contribution in [3.8, 4) is 0 Å². The minimum absolute atomic E-state index is 0.0884. The van der Waals surface area contributed by atoms with Gasteiger partial charge in [0, 0.05) is 12.1 Å². The largest absolute Gasteiger partial charge is 0.353 e. The van der Waals surface area contributed by atoms with E-state index in [0.29, 0.717) is 0 Å². The van der Waals surface area contributed by atoms with Gasteiger partial charge in [0.25, 0.3) is 0 Å². The molecule has 1 amide bonds. The maximum atomic E-state index is 13.1. The molecule has 3 heteroatoms. The topological polar surface area (TPSA) is 32.3 Å². The van der Waals surface area contributed by atoms with E-state index in [4.69, 9.17) is 0 Å². The molecule has 0 atom stereocenters. The van der Waals surface area contributed by atoms with Crippen LogP contribution in [-0.4, -0.2) is 37.0 Å². The van der Waals surface area contributed by atoms with Crippen molar-refractivity contribution >= 4 is 5.91 Å². The molecular weight excluding hydrogens is 308 g/mol. The minimum atomic E-state index is -0.261. The summed E-state index contributed by atoms with van der Waals surface area (Å²) in [5.74, 6) is -0.173. The second-order valence-corrected chi connectivity index (χ2v) is 7.30. The average molecular weight is 336 g/mol. The first-order valence-electron chi connectivity index (χ1n) is 9.17. The van der Waals surface area contributed by atoms with Crippen LogP contribution in [0.25, 0.3) is 0 Å². The van der Waals surface area contributed by atoms with E-state index in [-0.39, 0.29) is 17.4 Å². The van der Waals surface area contributed by atoms with Gasteiger partial charge in [-0.3, -0.25) is 4.79 Å². The minimum Gasteiger partial charge on any atom is -0.353 e. The summed E-state index contributed by atoms with van der Waals surface area (Å²) in [6, 6.07) is 20.1. The summed E-state index contributed by atoms with van der Waals surface area (Å²) >= 11 is 0. The van der Waals surface area contributed by atoms with E-state index in [2.05, 4.69) is 24.3 Å². The maximum Gasteiger partial charge on any atom is 0.232 e. The van der Waals surface area contributed by atoms with Crippen molar-refractivity contribution in [3.63, 3.8) is 0 Å². The van der Waals surface area contributed by atoms with Gasteiger partial charge in [0.2, 0.25) is 5.91 Å². The normalized spacial score (nSPS) is 16.3. The zero-order valence-corrected chi connectivity index (χ0v) is 15.2. The smallest absolute Gasteiger partial charge is 0.232 e. The highest BCUT2D eigenvalue weighted by Gasteiger charge is 2.36. The van der Waals surface area contributed by atoms with Crippen LogP contribution in [0.4, 0.5) is 0 Å². The predicted molar refractivity (Wildman–Crippen MR) is 103 cm³/mol. The van der Waals surface area contributed by atoms with Crippen LogP contribution in [0, 0.1) is 0 Å². The molecule has 25 heavy (non-hydrogen) atoms. The molecule has 0 heterocycles. The summed E-state index contributed by atoms with van der Waals surface area (Å²) in [7, 11) is 4.26. The quantitative estimate of drug-likeness (QED) is 0.870. The summed E-state index contributed by atoms with van der Waals surface area (Å²) in [5, 5.41) is 3.26. The molecule has 1 N–H and O–H groups in total. The SMILES string of the molecule is CN(C)C1(CNC(=O)C(c2ccccc2)c2ccccc2)CCCC1. The number of likely N-dealkylation sites (N-methyl/N-ethyl adjacent to an activating group) is 1. The van der Waals surface area contributed by atoms with Gasteiger partial charge >= 0.3 is 0 Å². The molecule has 0 aliphatic heterocycles. The Labute approximate surface area is 151 Å². The molecule has 1 aliphatic carbocycles. The van der Waals surface area contributed by atoms with Crippen molar-refractivity contribution in [1.82, 2.24) is 10.2 Å². The van der Waals surface area contributed by atoms with Gasteiger partial charge in [0.15, 0.2) is 0 Å². The van der Waals surface area contributed by atoms with Crippen molar-refractivity contribution < 1.29 is 4.79 Å². The van der Waals surface area contributed by atoms with Crippen LogP contribution < -0.4 is 5.32 Å². The van der Waals surface area contributed by atoms with Gasteiger partial charge < -0.3 is 10.2 Å². The third-order valence-corrected chi connectivity index (χ3v) is 5.60. The summed E-state index contributed by atoms with van der Waals surface area (Å²) < 4.78 is 0. The van der Waals surface area contributed by atoms with Gasteiger partial charge in [-0.05, 0) is 38.1 Å². The number of nitrogens with one attached hydrogen (secondary N) is 1. The van der Waals surface area contributed by atoms with E-state index in [1.54, 1.807) is 0 Å². The maximum absolute atomic E-state index is 13.1. The van der Waals surface area contributed by atoms with E-state index >= 15 is 0 Å². The molecule has 1 fully saturated rings. The fourth-order valence-electron chi connectivity index (χ4n) is 3.96. The van der Waals surface area contributed by atoms with Crippen molar-refractivity contribution in [2.75, 3.05) is 20.6 Å². The fourth-order valence-corrected chi connectivity index (χ4v) is 3.96. The van der Waals surface area contributed by atoms with E-state index in [9.17, 15) is 4.79 Å². The lowest BCUT2D eigenvalue weighted by molar-refractivity contribution is -0.122. The van der Waals surface area contributed by atoms with Crippen molar-refractivity contribution in [2.24, 2.45) is 0 Å². The highest BCUT2D eigenvalue weighted by atomic mass is 16.1. The Bertz CT molecular complexity index is 636. The number of hydrogen-bond acceptors (Lipinski definition) is 2. The van der Waals surface area contributed by atoms with Crippen LogP contribution in [0.5, 0.6) is 0 Å².